The van der Waals surface area contributed by atoms with Gasteiger partial charge in [-0.3, -0.25) is 9.59 Å². The lowest BCUT2D eigenvalue weighted by Gasteiger charge is -2.32. The fourth-order valence-electron chi connectivity index (χ4n) is 2.69. The van der Waals surface area contributed by atoms with Crippen LogP contribution in [0.3, 0.4) is 0 Å². The SMILES string of the molecule is CC(C)CC(=O)N1CCC(NC(=O)c2ccc(F)cc2F)CC1. The quantitative estimate of drug-likeness (QED) is 0.926. The van der Waals surface area contributed by atoms with Gasteiger partial charge in [0.1, 0.15) is 11.6 Å². The number of hydrogen-bond donors (Lipinski definition) is 1. The Labute approximate surface area is 134 Å². The number of hydrogen-bond acceptors (Lipinski definition) is 2. The summed E-state index contributed by atoms with van der Waals surface area (Å²) in [6.07, 6.45) is 1.80. The molecule has 0 spiro atoms. The molecule has 0 bridgehead atoms. The molecule has 1 fully saturated rings. The van der Waals surface area contributed by atoms with Crippen LogP contribution in [0.5, 0.6) is 0 Å². The number of carbonyl (C=O) groups is 2. The molecular weight excluding hydrogens is 302 g/mol. The Morgan fingerprint density at radius 3 is 2.48 bits per heavy atom. The molecule has 0 aromatic heterocycles. The van der Waals surface area contributed by atoms with Gasteiger partial charge in [0.05, 0.1) is 5.56 Å². The molecule has 2 rings (SSSR count). The number of halogens is 2. The maximum absolute atomic E-state index is 13.6. The summed E-state index contributed by atoms with van der Waals surface area (Å²) in [7, 11) is 0. The third kappa shape index (κ3) is 4.74. The fraction of sp³-hybridized carbons (Fsp3) is 0.529. The smallest absolute Gasteiger partial charge is 0.254 e. The van der Waals surface area contributed by atoms with Crippen LogP contribution >= 0.6 is 0 Å². The molecule has 2 amide bonds. The summed E-state index contributed by atoms with van der Waals surface area (Å²) in [5, 5.41) is 2.76. The van der Waals surface area contributed by atoms with Crippen molar-refractivity contribution in [2.24, 2.45) is 5.92 Å². The third-order valence-electron chi connectivity index (χ3n) is 3.94. The first-order valence-corrected chi connectivity index (χ1v) is 7.90. The number of amides is 2. The predicted molar refractivity (Wildman–Crippen MR) is 82.9 cm³/mol. The van der Waals surface area contributed by atoms with E-state index >= 15 is 0 Å². The summed E-state index contributed by atoms with van der Waals surface area (Å²) in [6.45, 7) is 5.18. The van der Waals surface area contributed by atoms with Gasteiger partial charge in [0.25, 0.3) is 5.91 Å². The average molecular weight is 324 g/mol. The van der Waals surface area contributed by atoms with Gasteiger partial charge >= 0.3 is 0 Å². The van der Waals surface area contributed by atoms with Crippen molar-refractivity contribution in [3.8, 4) is 0 Å². The minimum atomic E-state index is -0.868. The number of carbonyl (C=O) groups excluding carboxylic acids is 2. The van der Waals surface area contributed by atoms with Gasteiger partial charge in [-0.1, -0.05) is 13.8 Å². The lowest BCUT2D eigenvalue weighted by atomic mass is 10.0. The Balaban J connectivity index is 1.86. The zero-order chi connectivity index (χ0) is 17.0. The Bertz CT molecular complexity index is 582. The molecule has 0 saturated carbocycles. The van der Waals surface area contributed by atoms with E-state index in [9.17, 15) is 18.4 Å². The van der Waals surface area contributed by atoms with Crippen molar-refractivity contribution in [2.75, 3.05) is 13.1 Å². The summed E-state index contributed by atoms with van der Waals surface area (Å²) in [4.78, 5) is 25.8. The van der Waals surface area contributed by atoms with Crippen LogP contribution in [0.15, 0.2) is 18.2 Å². The molecule has 0 radical (unpaired) electrons. The molecular formula is C17H22F2N2O2. The van der Waals surface area contributed by atoms with Crippen molar-refractivity contribution in [3.63, 3.8) is 0 Å². The standard InChI is InChI=1S/C17H22F2N2O2/c1-11(2)9-16(22)21-7-5-13(6-8-21)20-17(23)14-4-3-12(18)10-15(14)19/h3-4,10-11,13H,5-9H2,1-2H3,(H,20,23). The van der Waals surface area contributed by atoms with Crippen molar-refractivity contribution in [1.29, 1.82) is 0 Å². The van der Waals surface area contributed by atoms with E-state index in [-0.39, 0.29) is 17.5 Å². The molecule has 1 saturated heterocycles. The molecule has 23 heavy (non-hydrogen) atoms. The normalized spacial score (nSPS) is 15.8. The van der Waals surface area contributed by atoms with Gasteiger partial charge in [0.2, 0.25) is 5.91 Å². The summed E-state index contributed by atoms with van der Waals surface area (Å²) >= 11 is 0. The molecule has 1 aromatic carbocycles. The first-order chi connectivity index (χ1) is 10.9. The summed E-state index contributed by atoms with van der Waals surface area (Å²) in [5.41, 5.74) is -0.162. The van der Waals surface area contributed by atoms with Crippen molar-refractivity contribution in [3.05, 3.63) is 35.4 Å². The highest BCUT2D eigenvalue weighted by atomic mass is 19.1. The number of piperidine rings is 1. The second-order valence-corrected chi connectivity index (χ2v) is 6.35. The van der Waals surface area contributed by atoms with Gasteiger partial charge in [-0.2, -0.15) is 0 Å². The fourth-order valence-corrected chi connectivity index (χ4v) is 2.69. The maximum Gasteiger partial charge on any atom is 0.254 e. The monoisotopic (exact) mass is 324 g/mol. The number of nitrogens with one attached hydrogen (secondary N) is 1. The highest BCUT2D eigenvalue weighted by Gasteiger charge is 2.25. The Morgan fingerprint density at radius 1 is 1.26 bits per heavy atom. The first-order valence-electron chi connectivity index (χ1n) is 7.90. The first kappa shape index (κ1) is 17.4. The number of benzene rings is 1. The van der Waals surface area contributed by atoms with Crippen LogP contribution in [-0.2, 0) is 4.79 Å². The molecule has 1 aliphatic heterocycles. The van der Waals surface area contributed by atoms with Gasteiger partial charge in [-0.25, -0.2) is 8.78 Å². The third-order valence-corrected chi connectivity index (χ3v) is 3.94. The zero-order valence-corrected chi connectivity index (χ0v) is 13.4. The highest BCUT2D eigenvalue weighted by Crippen LogP contribution is 2.15. The van der Waals surface area contributed by atoms with Gasteiger partial charge in [0.15, 0.2) is 0 Å². The molecule has 0 atom stereocenters. The van der Waals surface area contributed by atoms with Crippen LogP contribution in [0, 0.1) is 17.6 Å². The predicted octanol–water partition coefficient (Wildman–Crippen LogP) is 2.73. The second-order valence-electron chi connectivity index (χ2n) is 6.35. The van der Waals surface area contributed by atoms with Gasteiger partial charge < -0.3 is 10.2 Å². The number of rotatable bonds is 4. The van der Waals surface area contributed by atoms with Gasteiger partial charge in [-0.15, -0.1) is 0 Å². The Hall–Kier alpha value is -1.98. The zero-order valence-electron chi connectivity index (χ0n) is 13.4. The van der Waals surface area contributed by atoms with E-state index in [2.05, 4.69) is 5.32 Å². The summed E-state index contributed by atoms with van der Waals surface area (Å²) < 4.78 is 26.5. The second kappa shape index (κ2) is 7.53. The van der Waals surface area contributed by atoms with E-state index in [1.807, 2.05) is 13.8 Å². The van der Waals surface area contributed by atoms with E-state index in [0.717, 1.165) is 12.1 Å². The molecule has 1 heterocycles. The molecule has 0 aliphatic carbocycles. The van der Waals surface area contributed by atoms with Crippen molar-refractivity contribution < 1.29 is 18.4 Å². The lowest BCUT2D eigenvalue weighted by molar-refractivity contribution is -0.133. The average Bonchev–Trinajstić information content (AvgIpc) is 2.47. The topological polar surface area (TPSA) is 49.4 Å². The minimum Gasteiger partial charge on any atom is -0.349 e. The van der Waals surface area contributed by atoms with Crippen LogP contribution in [0.2, 0.25) is 0 Å². The summed E-state index contributed by atoms with van der Waals surface area (Å²) in [5.74, 6) is -1.67. The molecule has 6 heteroatoms. The lowest BCUT2D eigenvalue weighted by Crippen LogP contribution is -2.46. The Morgan fingerprint density at radius 2 is 1.91 bits per heavy atom. The van der Waals surface area contributed by atoms with Crippen LogP contribution in [0.4, 0.5) is 8.78 Å². The molecule has 1 aromatic rings. The van der Waals surface area contributed by atoms with Crippen molar-refractivity contribution in [1.82, 2.24) is 10.2 Å². The summed E-state index contributed by atoms with van der Waals surface area (Å²) in [6, 6.07) is 2.80. The molecule has 126 valence electrons. The molecule has 4 nitrogen and oxygen atoms in total. The van der Waals surface area contributed by atoms with Crippen molar-refractivity contribution >= 4 is 11.8 Å². The highest BCUT2D eigenvalue weighted by molar-refractivity contribution is 5.94. The van der Waals surface area contributed by atoms with Crippen LogP contribution < -0.4 is 5.32 Å². The van der Waals surface area contributed by atoms with Crippen LogP contribution in [0.1, 0.15) is 43.5 Å². The minimum absolute atomic E-state index is 0.102. The van der Waals surface area contributed by atoms with Gasteiger partial charge in [0, 0.05) is 31.6 Å². The molecule has 1 N–H and O–H groups in total. The van der Waals surface area contributed by atoms with E-state index in [0.29, 0.717) is 44.3 Å². The van der Waals surface area contributed by atoms with E-state index in [4.69, 9.17) is 0 Å². The van der Waals surface area contributed by atoms with Crippen LogP contribution in [0.25, 0.3) is 0 Å². The number of nitrogens with zero attached hydrogens (tertiary/aromatic N) is 1. The van der Waals surface area contributed by atoms with E-state index in [1.54, 1.807) is 4.90 Å². The van der Waals surface area contributed by atoms with Gasteiger partial charge in [-0.05, 0) is 30.9 Å². The molecule has 1 aliphatic rings. The van der Waals surface area contributed by atoms with E-state index < -0.39 is 17.5 Å². The number of likely N-dealkylation sites (tertiary alicyclic amines) is 1. The molecule has 0 unspecified atom stereocenters. The largest absolute Gasteiger partial charge is 0.349 e. The van der Waals surface area contributed by atoms with Crippen LogP contribution in [-0.4, -0.2) is 35.8 Å². The van der Waals surface area contributed by atoms with E-state index in [1.165, 1.54) is 0 Å². The maximum atomic E-state index is 13.6. The Kier molecular flexibility index (Phi) is 5.69. The van der Waals surface area contributed by atoms with Crippen molar-refractivity contribution in [2.45, 2.75) is 39.2 Å².